The molecule has 112 valence electrons. The van der Waals surface area contributed by atoms with Crippen LogP contribution >= 0.6 is 11.6 Å². The summed E-state index contributed by atoms with van der Waals surface area (Å²) in [4.78, 5) is 2.42. The van der Waals surface area contributed by atoms with Crippen LogP contribution in [-0.4, -0.2) is 38.1 Å². The number of nitrogens with zero attached hydrogens (tertiary/aromatic N) is 1. The van der Waals surface area contributed by atoms with Gasteiger partial charge < -0.3 is 10.2 Å². The molecule has 0 aromatic heterocycles. The highest BCUT2D eigenvalue weighted by atomic mass is 35.5. The van der Waals surface area contributed by atoms with E-state index >= 15 is 0 Å². The molecule has 2 nitrogen and oxygen atoms in total. The lowest BCUT2D eigenvalue weighted by Crippen LogP contribution is -2.27. The number of likely N-dealkylation sites (tertiary alicyclic amines) is 1. The van der Waals surface area contributed by atoms with Gasteiger partial charge in [0.15, 0.2) is 0 Å². The van der Waals surface area contributed by atoms with Crippen molar-refractivity contribution in [3.05, 3.63) is 34.6 Å². The quantitative estimate of drug-likeness (QED) is 0.862. The van der Waals surface area contributed by atoms with Crippen molar-refractivity contribution in [1.29, 1.82) is 0 Å². The molecule has 1 aromatic rings. The first-order valence-corrected chi connectivity index (χ1v) is 7.78. The van der Waals surface area contributed by atoms with E-state index < -0.39 is 0 Å². The molecular formula is C16H24ClFN2. The van der Waals surface area contributed by atoms with E-state index in [9.17, 15) is 4.39 Å². The molecule has 0 saturated carbocycles. The Kier molecular flexibility index (Phi) is 5.82. The predicted octanol–water partition coefficient (Wildman–Crippen LogP) is 3.66. The van der Waals surface area contributed by atoms with Crippen LogP contribution in [0, 0.1) is 5.82 Å². The van der Waals surface area contributed by atoms with E-state index in [1.165, 1.54) is 25.5 Å². The van der Waals surface area contributed by atoms with Gasteiger partial charge in [-0.25, -0.2) is 4.39 Å². The van der Waals surface area contributed by atoms with Crippen LogP contribution in [0.4, 0.5) is 4.39 Å². The zero-order valence-electron chi connectivity index (χ0n) is 12.3. The van der Waals surface area contributed by atoms with E-state index in [0.29, 0.717) is 17.0 Å². The Balaban J connectivity index is 2.13. The van der Waals surface area contributed by atoms with Crippen LogP contribution in [0.25, 0.3) is 0 Å². The van der Waals surface area contributed by atoms with E-state index in [0.717, 1.165) is 24.9 Å². The molecule has 1 N–H and O–H groups in total. The molecule has 1 aromatic carbocycles. The number of benzene rings is 1. The fourth-order valence-electron chi connectivity index (χ4n) is 3.16. The smallest absolute Gasteiger partial charge is 0.124 e. The van der Waals surface area contributed by atoms with Gasteiger partial charge in [0, 0.05) is 11.1 Å². The molecule has 0 radical (unpaired) electrons. The second-order valence-electron chi connectivity index (χ2n) is 5.80. The molecule has 2 atom stereocenters. The molecule has 4 heteroatoms. The fraction of sp³-hybridized carbons (Fsp3) is 0.625. The Hall–Kier alpha value is -0.640. The Labute approximate surface area is 126 Å². The highest BCUT2D eigenvalue weighted by Gasteiger charge is 2.25. The minimum absolute atomic E-state index is 0.235. The van der Waals surface area contributed by atoms with Crippen molar-refractivity contribution in [3.63, 3.8) is 0 Å². The maximum Gasteiger partial charge on any atom is 0.124 e. The van der Waals surface area contributed by atoms with Gasteiger partial charge in [0.1, 0.15) is 5.82 Å². The minimum Gasteiger partial charge on any atom is -0.320 e. The molecular weight excluding hydrogens is 275 g/mol. The Morgan fingerprint density at radius 3 is 2.85 bits per heavy atom. The van der Waals surface area contributed by atoms with Crippen molar-refractivity contribution in [1.82, 2.24) is 10.2 Å². The lowest BCUT2D eigenvalue weighted by Gasteiger charge is -2.26. The van der Waals surface area contributed by atoms with E-state index in [1.54, 1.807) is 6.07 Å². The third-order valence-corrected chi connectivity index (χ3v) is 4.55. The zero-order chi connectivity index (χ0) is 14.5. The van der Waals surface area contributed by atoms with E-state index in [1.807, 2.05) is 13.1 Å². The summed E-state index contributed by atoms with van der Waals surface area (Å²) in [6.07, 6.45) is 4.61. The summed E-state index contributed by atoms with van der Waals surface area (Å²) < 4.78 is 13.6. The number of rotatable bonds is 6. The molecule has 2 rings (SSSR count). The number of nitrogens with one attached hydrogen (secondary N) is 1. The minimum atomic E-state index is -0.235. The number of hydrogen-bond acceptors (Lipinski definition) is 2. The van der Waals surface area contributed by atoms with E-state index in [4.69, 9.17) is 11.6 Å². The van der Waals surface area contributed by atoms with Gasteiger partial charge in [-0.05, 0) is 82.5 Å². The van der Waals surface area contributed by atoms with Gasteiger partial charge in [0.25, 0.3) is 0 Å². The normalized spacial score (nSPS) is 21.3. The van der Waals surface area contributed by atoms with Crippen molar-refractivity contribution in [2.45, 2.75) is 37.6 Å². The second kappa shape index (κ2) is 7.39. The van der Waals surface area contributed by atoms with Gasteiger partial charge >= 0.3 is 0 Å². The molecule has 0 amide bonds. The van der Waals surface area contributed by atoms with Gasteiger partial charge in [-0.1, -0.05) is 11.6 Å². The molecule has 1 aliphatic rings. The number of halogens is 2. The van der Waals surface area contributed by atoms with E-state index in [-0.39, 0.29) is 5.82 Å². The van der Waals surface area contributed by atoms with Crippen molar-refractivity contribution < 1.29 is 4.39 Å². The Morgan fingerprint density at radius 2 is 2.25 bits per heavy atom. The third-order valence-electron chi connectivity index (χ3n) is 4.33. The largest absolute Gasteiger partial charge is 0.320 e. The average molecular weight is 299 g/mol. The van der Waals surface area contributed by atoms with E-state index in [2.05, 4.69) is 17.3 Å². The summed E-state index contributed by atoms with van der Waals surface area (Å²) in [6.45, 7) is 2.11. The average Bonchev–Trinajstić information content (AvgIpc) is 2.78. The maximum atomic E-state index is 13.6. The van der Waals surface area contributed by atoms with Gasteiger partial charge in [-0.2, -0.15) is 0 Å². The first-order chi connectivity index (χ1) is 9.60. The molecule has 1 heterocycles. The van der Waals surface area contributed by atoms with Gasteiger partial charge in [0.05, 0.1) is 0 Å². The summed E-state index contributed by atoms with van der Waals surface area (Å²) in [6, 6.07) is 5.54. The number of hydrogen-bond donors (Lipinski definition) is 1. The van der Waals surface area contributed by atoms with Crippen LogP contribution in [0.1, 0.15) is 37.2 Å². The van der Waals surface area contributed by atoms with Crippen molar-refractivity contribution in [2.75, 3.05) is 27.2 Å². The zero-order valence-corrected chi connectivity index (χ0v) is 13.1. The monoisotopic (exact) mass is 298 g/mol. The SMILES string of the molecule is CNCCC(CC1CCCN1C)c1cc(F)cc(Cl)c1. The molecule has 1 aliphatic heterocycles. The van der Waals surface area contributed by atoms with Crippen LogP contribution < -0.4 is 5.32 Å². The lowest BCUT2D eigenvalue weighted by molar-refractivity contribution is 0.277. The van der Waals surface area contributed by atoms with Crippen molar-refractivity contribution >= 4 is 11.6 Å². The highest BCUT2D eigenvalue weighted by molar-refractivity contribution is 6.30. The van der Waals surface area contributed by atoms with Crippen molar-refractivity contribution in [3.8, 4) is 0 Å². The van der Waals surface area contributed by atoms with Crippen LogP contribution in [-0.2, 0) is 0 Å². The lowest BCUT2D eigenvalue weighted by atomic mass is 9.88. The first-order valence-electron chi connectivity index (χ1n) is 7.41. The van der Waals surface area contributed by atoms with Gasteiger partial charge in [0.2, 0.25) is 0 Å². The summed E-state index contributed by atoms with van der Waals surface area (Å²) in [5.74, 6) is 0.128. The molecule has 20 heavy (non-hydrogen) atoms. The third kappa shape index (κ3) is 4.18. The van der Waals surface area contributed by atoms with Crippen molar-refractivity contribution in [2.24, 2.45) is 0 Å². The topological polar surface area (TPSA) is 15.3 Å². The fourth-order valence-corrected chi connectivity index (χ4v) is 3.39. The summed E-state index contributed by atoms with van der Waals surface area (Å²) >= 11 is 6.01. The van der Waals surface area contributed by atoms with Crippen LogP contribution in [0.2, 0.25) is 5.02 Å². The second-order valence-corrected chi connectivity index (χ2v) is 6.24. The molecule has 0 bridgehead atoms. The Morgan fingerprint density at radius 1 is 1.45 bits per heavy atom. The van der Waals surface area contributed by atoms with Gasteiger partial charge in [-0.15, -0.1) is 0 Å². The molecule has 0 aliphatic carbocycles. The molecule has 0 spiro atoms. The van der Waals surface area contributed by atoms with Crippen LogP contribution in [0.5, 0.6) is 0 Å². The molecule has 1 saturated heterocycles. The van der Waals surface area contributed by atoms with Crippen LogP contribution in [0.15, 0.2) is 18.2 Å². The summed E-state index contributed by atoms with van der Waals surface area (Å²) in [7, 11) is 4.14. The highest BCUT2D eigenvalue weighted by Crippen LogP contribution is 2.32. The summed E-state index contributed by atoms with van der Waals surface area (Å²) in [5.41, 5.74) is 1.03. The molecule has 1 fully saturated rings. The first kappa shape index (κ1) is 15.7. The Bertz CT molecular complexity index is 418. The summed E-state index contributed by atoms with van der Waals surface area (Å²) in [5, 5.41) is 3.69. The standard InChI is InChI=1S/C16H24ClFN2/c1-19-6-5-12(10-16-4-3-7-20(16)2)13-8-14(17)11-15(18)9-13/h8-9,11-12,16,19H,3-7,10H2,1-2H3. The molecule has 2 unspecified atom stereocenters. The predicted molar refractivity (Wildman–Crippen MR) is 83.0 cm³/mol. The van der Waals surface area contributed by atoms with Gasteiger partial charge in [-0.3, -0.25) is 0 Å². The van der Waals surface area contributed by atoms with Crippen LogP contribution in [0.3, 0.4) is 0 Å². The maximum absolute atomic E-state index is 13.6.